The molecule has 2 unspecified atom stereocenters. The summed E-state index contributed by atoms with van der Waals surface area (Å²) in [6, 6.07) is 0. The molecule has 3 heteroatoms. The predicted molar refractivity (Wildman–Crippen MR) is 82.4 cm³/mol. The standard InChI is InChI=1S/C16H31N2O/c1-3-5-6-7-8-9-10-11-16-17-12-13-18(16,4-2)14-15-19/h3,12,16,19H,1,4-11,13-15H2,2H3/q+1. The molecule has 2 atom stereocenters. The Kier molecular flexibility index (Phi) is 7.99. The molecule has 0 radical (unpaired) electrons. The number of aliphatic hydroxyl groups is 1. The van der Waals surface area contributed by atoms with Gasteiger partial charge in [-0.3, -0.25) is 4.48 Å². The van der Waals surface area contributed by atoms with Crippen molar-refractivity contribution in [2.75, 3.05) is 26.2 Å². The molecule has 19 heavy (non-hydrogen) atoms. The van der Waals surface area contributed by atoms with Gasteiger partial charge in [-0.05, 0) is 26.2 Å². The largest absolute Gasteiger partial charge is 0.391 e. The van der Waals surface area contributed by atoms with Gasteiger partial charge >= 0.3 is 0 Å². The Hall–Kier alpha value is -0.670. The Balaban J connectivity index is 2.20. The molecule has 110 valence electrons. The second-order valence-electron chi connectivity index (χ2n) is 5.61. The van der Waals surface area contributed by atoms with E-state index in [0.29, 0.717) is 6.17 Å². The van der Waals surface area contributed by atoms with E-state index in [1.54, 1.807) is 0 Å². The zero-order valence-electron chi connectivity index (χ0n) is 12.6. The van der Waals surface area contributed by atoms with Crippen molar-refractivity contribution in [1.82, 2.24) is 0 Å². The Morgan fingerprint density at radius 1 is 1.32 bits per heavy atom. The van der Waals surface area contributed by atoms with Crippen molar-refractivity contribution in [2.24, 2.45) is 4.99 Å². The molecule has 1 N–H and O–H groups in total. The summed E-state index contributed by atoms with van der Waals surface area (Å²) in [5.74, 6) is 0. The molecule has 0 aromatic heterocycles. The van der Waals surface area contributed by atoms with Crippen LogP contribution in [-0.2, 0) is 0 Å². The molecule has 0 saturated carbocycles. The zero-order valence-corrected chi connectivity index (χ0v) is 12.6. The van der Waals surface area contributed by atoms with E-state index in [2.05, 4.69) is 24.7 Å². The van der Waals surface area contributed by atoms with Gasteiger partial charge < -0.3 is 5.11 Å². The van der Waals surface area contributed by atoms with E-state index >= 15 is 0 Å². The molecule has 1 rings (SSSR count). The van der Waals surface area contributed by atoms with Crippen LogP contribution in [-0.4, -0.2) is 48.2 Å². The molecule has 0 spiro atoms. The van der Waals surface area contributed by atoms with E-state index in [1.807, 2.05) is 6.08 Å². The zero-order chi connectivity index (χ0) is 14.0. The third-order valence-electron chi connectivity index (χ3n) is 4.40. The highest BCUT2D eigenvalue weighted by atomic mass is 16.3. The topological polar surface area (TPSA) is 32.6 Å². The maximum Gasteiger partial charge on any atom is 0.182 e. The number of likely N-dealkylation sites (N-methyl/N-ethyl adjacent to an activating group) is 1. The first-order chi connectivity index (χ1) is 9.29. The predicted octanol–water partition coefficient (Wildman–Crippen LogP) is 3.14. The lowest BCUT2D eigenvalue weighted by Gasteiger charge is -2.37. The van der Waals surface area contributed by atoms with Crippen LogP contribution in [0.25, 0.3) is 0 Å². The molecule has 0 fully saturated rings. The fourth-order valence-electron chi connectivity index (χ4n) is 3.03. The van der Waals surface area contributed by atoms with Crippen LogP contribution < -0.4 is 0 Å². The van der Waals surface area contributed by atoms with Gasteiger partial charge in [0.15, 0.2) is 6.17 Å². The number of allylic oxidation sites excluding steroid dienone is 1. The molecule has 0 saturated heterocycles. The van der Waals surface area contributed by atoms with Crippen LogP contribution in [0.1, 0.15) is 51.9 Å². The molecule has 0 aromatic carbocycles. The van der Waals surface area contributed by atoms with Gasteiger partial charge in [-0.15, -0.1) is 6.58 Å². The average molecular weight is 267 g/mol. The maximum absolute atomic E-state index is 9.25. The summed E-state index contributed by atoms with van der Waals surface area (Å²) >= 11 is 0. The van der Waals surface area contributed by atoms with Gasteiger partial charge in [0.05, 0.1) is 19.4 Å². The van der Waals surface area contributed by atoms with E-state index < -0.39 is 0 Å². The number of unbranched alkanes of at least 4 members (excludes halogenated alkanes) is 5. The molecule has 3 nitrogen and oxygen atoms in total. The minimum Gasteiger partial charge on any atom is -0.391 e. The first kappa shape index (κ1) is 16.4. The normalized spacial score (nSPS) is 25.9. The van der Waals surface area contributed by atoms with Gasteiger partial charge in [0.2, 0.25) is 0 Å². The summed E-state index contributed by atoms with van der Waals surface area (Å²) in [6.45, 7) is 9.16. The average Bonchev–Trinajstić information content (AvgIpc) is 2.82. The van der Waals surface area contributed by atoms with Gasteiger partial charge in [0, 0.05) is 6.42 Å². The first-order valence-corrected chi connectivity index (χ1v) is 7.88. The summed E-state index contributed by atoms with van der Waals surface area (Å²) in [5.41, 5.74) is 0. The van der Waals surface area contributed by atoms with Crippen molar-refractivity contribution in [3.63, 3.8) is 0 Å². The molecule has 1 heterocycles. The molecule has 1 aliphatic heterocycles. The summed E-state index contributed by atoms with van der Waals surface area (Å²) in [5, 5.41) is 9.25. The Morgan fingerprint density at radius 2 is 2.05 bits per heavy atom. The second-order valence-corrected chi connectivity index (χ2v) is 5.61. The summed E-state index contributed by atoms with van der Waals surface area (Å²) in [6.07, 6.45) is 13.3. The number of hydrogen-bond acceptors (Lipinski definition) is 2. The van der Waals surface area contributed by atoms with E-state index in [-0.39, 0.29) is 6.61 Å². The number of aliphatic imine (C=N–C) groups is 1. The van der Waals surface area contributed by atoms with Crippen molar-refractivity contribution >= 4 is 6.21 Å². The first-order valence-electron chi connectivity index (χ1n) is 7.88. The maximum atomic E-state index is 9.25. The third-order valence-corrected chi connectivity index (χ3v) is 4.40. The SMILES string of the molecule is C=CCCCCCCCC1N=CC[N+]1(CC)CCO. The van der Waals surface area contributed by atoms with Crippen LogP contribution in [0.4, 0.5) is 0 Å². The van der Waals surface area contributed by atoms with Crippen LogP contribution in [0.15, 0.2) is 17.6 Å². The summed E-state index contributed by atoms with van der Waals surface area (Å²) in [4.78, 5) is 4.65. The molecule has 0 aromatic rings. The summed E-state index contributed by atoms with van der Waals surface area (Å²) in [7, 11) is 0. The van der Waals surface area contributed by atoms with E-state index in [9.17, 15) is 5.11 Å². The fourth-order valence-corrected chi connectivity index (χ4v) is 3.03. The number of hydrogen-bond donors (Lipinski definition) is 1. The van der Waals surface area contributed by atoms with Crippen molar-refractivity contribution in [3.05, 3.63) is 12.7 Å². The second kappa shape index (κ2) is 9.27. The van der Waals surface area contributed by atoms with Gasteiger partial charge in [0.25, 0.3) is 0 Å². The third kappa shape index (κ3) is 5.07. The van der Waals surface area contributed by atoms with Crippen molar-refractivity contribution in [3.8, 4) is 0 Å². The molecular formula is C16H31N2O+. The number of quaternary nitrogens is 1. The number of aliphatic hydroxyl groups excluding tert-OH is 1. The molecule has 1 aliphatic rings. The number of nitrogens with zero attached hydrogens (tertiary/aromatic N) is 2. The van der Waals surface area contributed by atoms with Gasteiger partial charge in [-0.2, -0.15) is 0 Å². The van der Waals surface area contributed by atoms with E-state index in [0.717, 1.165) is 30.5 Å². The van der Waals surface area contributed by atoms with Crippen LogP contribution in [0, 0.1) is 0 Å². The Morgan fingerprint density at radius 3 is 2.74 bits per heavy atom. The van der Waals surface area contributed by atoms with Gasteiger partial charge in [0.1, 0.15) is 13.1 Å². The minimum atomic E-state index is 0.273. The molecule has 0 bridgehead atoms. The Labute approximate surface area is 118 Å². The van der Waals surface area contributed by atoms with Crippen LogP contribution >= 0.6 is 0 Å². The van der Waals surface area contributed by atoms with Crippen molar-refractivity contribution < 1.29 is 9.59 Å². The lowest BCUT2D eigenvalue weighted by atomic mass is 10.1. The van der Waals surface area contributed by atoms with Gasteiger partial charge in [-0.1, -0.05) is 25.3 Å². The highest BCUT2D eigenvalue weighted by Crippen LogP contribution is 2.23. The van der Waals surface area contributed by atoms with Gasteiger partial charge in [-0.25, -0.2) is 4.99 Å². The smallest absolute Gasteiger partial charge is 0.182 e. The van der Waals surface area contributed by atoms with Crippen LogP contribution in [0.2, 0.25) is 0 Å². The highest BCUT2D eigenvalue weighted by Gasteiger charge is 2.36. The monoisotopic (exact) mass is 267 g/mol. The highest BCUT2D eigenvalue weighted by molar-refractivity contribution is 5.60. The van der Waals surface area contributed by atoms with Crippen molar-refractivity contribution in [2.45, 2.75) is 58.0 Å². The molecular weight excluding hydrogens is 236 g/mol. The summed E-state index contributed by atoms with van der Waals surface area (Å²) < 4.78 is 0.965. The van der Waals surface area contributed by atoms with Crippen LogP contribution in [0.5, 0.6) is 0 Å². The Bertz CT molecular complexity index is 278. The van der Waals surface area contributed by atoms with Crippen molar-refractivity contribution in [1.29, 1.82) is 0 Å². The lowest BCUT2D eigenvalue weighted by molar-refractivity contribution is -0.936. The number of rotatable bonds is 11. The quantitative estimate of drug-likeness (QED) is 0.348. The molecule has 0 aliphatic carbocycles. The van der Waals surface area contributed by atoms with E-state index in [1.165, 1.54) is 38.5 Å². The van der Waals surface area contributed by atoms with Crippen LogP contribution in [0.3, 0.4) is 0 Å². The van der Waals surface area contributed by atoms with E-state index in [4.69, 9.17) is 0 Å². The lowest BCUT2D eigenvalue weighted by Crippen LogP contribution is -2.53. The minimum absolute atomic E-state index is 0.273. The molecule has 0 amide bonds. The fraction of sp³-hybridized carbons (Fsp3) is 0.812.